The highest BCUT2D eigenvalue weighted by molar-refractivity contribution is 7.80. The Morgan fingerprint density at radius 1 is 1.23 bits per heavy atom. The van der Waals surface area contributed by atoms with Crippen molar-refractivity contribution in [2.24, 2.45) is 0 Å². The second-order valence-electron chi connectivity index (χ2n) is 7.55. The van der Waals surface area contributed by atoms with E-state index in [0.717, 1.165) is 17.4 Å². The third-order valence-corrected chi connectivity index (χ3v) is 6.42. The van der Waals surface area contributed by atoms with Crippen molar-refractivity contribution in [2.75, 3.05) is 6.54 Å². The van der Waals surface area contributed by atoms with E-state index < -0.39 is 0 Å². The molecule has 1 N–H and O–H groups in total. The first-order chi connectivity index (χ1) is 12.6. The lowest BCUT2D eigenvalue weighted by Crippen LogP contribution is -2.29. The Bertz CT molecular complexity index is 792. The Balaban J connectivity index is 1.78. The van der Waals surface area contributed by atoms with Gasteiger partial charge < -0.3 is 14.8 Å². The summed E-state index contributed by atoms with van der Waals surface area (Å²) in [4.78, 5) is 6.94. The zero-order valence-corrected chi connectivity index (χ0v) is 16.7. The maximum Gasteiger partial charge on any atom is 0.170 e. The van der Waals surface area contributed by atoms with Crippen molar-refractivity contribution in [1.82, 2.24) is 19.8 Å². The van der Waals surface area contributed by atoms with E-state index in [9.17, 15) is 0 Å². The second-order valence-corrected chi connectivity index (χ2v) is 7.93. The molecular formula is C21H28N4S. The summed E-state index contributed by atoms with van der Waals surface area (Å²) >= 11 is 5.66. The van der Waals surface area contributed by atoms with Crippen LogP contribution < -0.4 is 5.32 Å². The summed E-state index contributed by atoms with van der Waals surface area (Å²) in [7, 11) is 0. The van der Waals surface area contributed by atoms with Gasteiger partial charge in [-0.1, -0.05) is 18.9 Å². The quantitative estimate of drug-likeness (QED) is 0.799. The van der Waals surface area contributed by atoms with Gasteiger partial charge in [0.25, 0.3) is 0 Å². The van der Waals surface area contributed by atoms with Gasteiger partial charge in [-0.15, -0.1) is 0 Å². The van der Waals surface area contributed by atoms with E-state index in [0.29, 0.717) is 6.04 Å². The topological polar surface area (TPSA) is 33.1 Å². The summed E-state index contributed by atoms with van der Waals surface area (Å²) in [6, 6.07) is 9.46. The van der Waals surface area contributed by atoms with Gasteiger partial charge in [-0.2, -0.15) is 0 Å². The van der Waals surface area contributed by atoms with Crippen molar-refractivity contribution in [1.29, 1.82) is 0 Å². The fourth-order valence-electron chi connectivity index (χ4n) is 4.91. The van der Waals surface area contributed by atoms with Crippen LogP contribution in [0, 0.1) is 13.8 Å². The van der Waals surface area contributed by atoms with Gasteiger partial charge in [0, 0.05) is 30.2 Å². The minimum absolute atomic E-state index is 0.0983. The average molecular weight is 369 g/mol. The minimum Gasteiger partial charge on any atom is -0.352 e. The monoisotopic (exact) mass is 368 g/mol. The molecule has 0 spiro atoms. The van der Waals surface area contributed by atoms with E-state index >= 15 is 0 Å². The first kappa shape index (κ1) is 17.5. The van der Waals surface area contributed by atoms with Gasteiger partial charge in [0.05, 0.1) is 17.8 Å². The first-order valence-corrected chi connectivity index (χ1v) is 10.2. The van der Waals surface area contributed by atoms with Crippen molar-refractivity contribution >= 4 is 17.3 Å². The molecule has 1 aliphatic carbocycles. The Morgan fingerprint density at radius 2 is 2.00 bits per heavy atom. The molecule has 138 valence electrons. The number of nitrogens with zero attached hydrogens (tertiary/aromatic N) is 3. The van der Waals surface area contributed by atoms with Crippen molar-refractivity contribution in [3.63, 3.8) is 0 Å². The van der Waals surface area contributed by atoms with E-state index in [1.54, 1.807) is 0 Å². The van der Waals surface area contributed by atoms with Crippen LogP contribution in [0.4, 0.5) is 0 Å². The zero-order valence-electron chi connectivity index (χ0n) is 15.9. The molecule has 2 aromatic heterocycles. The van der Waals surface area contributed by atoms with E-state index in [1.165, 1.54) is 42.6 Å². The van der Waals surface area contributed by atoms with Gasteiger partial charge in [-0.25, -0.2) is 0 Å². The van der Waals surface area contributed by atoms with Crippen LogP contribution >= 0.6 is 12.2 Å². The summed E-state index contributed by atoms with van der Waals surface area (Å²) in [5.74, 6) is 0. The van der Waals surface area contributed by atoms with E-state index in [2.05, 4.69) is 58.7 Å². The van der Waals surface area contributed by atoms with Crippen molar-refractivity contribution in [2.45, 2.75) is 64.6 Å². The van der Waals surface area contributed by atoms with Crippen molar-refractivity contribution in [3.05, 3.63) is 53.1 Å². The second kappa shape index (κ2) is 7.03. The van der Waals surface area contributed by atoms with E-state index in [4.69, 9.17) is 12.2 Å². The molecule has 4 nitrogen and oxygen atoms in total. The number of nitrogens with one attached hydrogen (secondary N) is 1. The van der Waals surface area contributed by atoms with Gasteiger partial charge in [-0.05, 0) is 69.6 Å². The Hall–Kier alpha value is -1.88. The van der Waals surface area contributed by atoms with Crippen LogP contribution in [0.5, 0.6) is 0 Å². The van der Waals surface area contributed by atoms with Crippen LogP contribution in [0.25, 0.3) is 0 Å². The molecule has 2 aliphatic rings. The summed E-state index contributed by atoms with van der Waals surface area (Å²) in [5, 5.41) is 4.36. The fourth-order valence-corrected chi connectivity index (χ4v) is 5.28. The molecule has 2 unspecified atom stereocenters. The van der Waals surface area contributed by atoms with Gasteiger partial charge in [-0.3, -0.25) is 4.98 Å². The lowest BCUT2D eigenvalue weighted by atomic mass is 9.97. The standard InChI is InChI=1S/C21H28N4S/c1-4-24-20(19(23-21(24)26)18-11-7-8-12-22-18)17-13-14(2)25(15(17)3)16-9-5-6-10-16/h7-8,11-13,16,19-20H,4-6,9-10H2,1-3H3,(H,23,26). The summed E-state index contributed by atoms with van der Waals surface area (Å²) in [6.45, 7) is 7.61. The smallest absolute Gasteiger partial charge is 0.170 e. The zero-order chi connectivity index (χ0) is 18.3. The number of aryl methyl sites for hydroxylation is 1. The van der Waals surface area contributed by atoms with Crippen LogP contribution in [0.2, 0.25) is 0 Å². The van der Waals surface area contributed by atoms with Crippen molar-refractivity contribution < 1.29 is 0 Å². The average Bonchev–Trinajstić information content (AvgIpc) is 3.34. The SMILES string of the molecule is CCN1C(=S)NC(c2ccccn2)C1c1cc(C)n(C2CCCC2)c1C. The number of thiocarbonyl (C=S) groups is 1. The highest BCUT2D eigenvalue weighted by Crippen LogP contribution is 2.42. The largest absolute Gasteiger partial charge is 0.352 e. The molecule has 2 atom stereocenters. The molecule has 0 radical (unpaired) electrons. The molecule has 2 aromatic rings. The number of hydrogen-bond acceptors (Lipinski definition) is 2. The summed E-state index contributed by atoms with van der Waals surface area (Å²) in [5.41, 5.74) is 5.21. The van der Waals surface area contributed by atoms with Gasteiger partial charge in [0.1, 0.15) is 0 Å². The van der Waals surface area contributed by atoms with E-state index in [-0.39, 0.29) is 12.1 Å². The molecule has 5 heteroatoms. The minimum atomic E-state index is 0.0983. The molecule has 0 bridgehead atoms. The van der Waals surface area contributed by atoms with Crippen LogP contribution in [-0.2, 0) is 0 Å². The number of pyridine rings is 1. The Kier molecular flexibility index (Phi) is 4.74. The predicted octanol–water partition coefficient (Wildman–Crippen LogP) is 4.61. The summed E-state index contributed by atoms with van der Waals surface area (Å²) < 4.78 is 2.58. The molecule has 1 saturated carbocycles. The van der Waals surface area contributed by atoms with Gasteiger partial charge in [0.2, 0.25) is 0 Å². The number of hydrogen-bond donors (Lipinski definition) is 1. The normalized spacial score (nSPS) is 23.7. The molecular weight excluding hydrogens is 340 g/mol. The fraction of sp³-hybridized carbons (Fsp3) is 0.524. The Morgan fingerprint density at radius 3 is 2.65 bits per heavy atom. The van der Waals surface area contributed by atoms with Crippen molar-refractivity contribution in [3.8, 4) is 0 Å². The molecule has 4 rings (SSSR count). The molecule has 1 saturated heterocycles. The first-order valence-electron chi connectivity index (χ1n) is 9.78. The van der Waals surface area contributed by atoms with Crippen LogP contribution in [-0.4, -0.2) is 26.1 Å². The molecule has 0 amide bonds. The van der Waals surface area contributed by atoms with Crippen LogP contribution in [0.1, 0.15) is 73.4 Å². The molecule has 1 aliphatic heterocycles. The lowest BCUT2D eigenvalue weighted by Gasteiger charge is -2.27. The van der Waals surface area contributed by atoms with Gasteiger partial charge in [0.15, 0.2) is 5.11 Å². The maximum atomic E-state index is 5.66. The molecule has 0 aromatic carbocycles. The summed E-state index contributed by atoms with van der Waals surface area (Å²) in [6.07, 6.45) is 7.18. The predicted molar refractivity (Wildman–Crippen MR) is 109 cm³/mol. The highest BCUT2D eigenvalue weighted by atomic mass is 32.1. The van der Waals surface area contributed by atoms with Gasteiger partial charge >= 0.3 is 0 Å². The Labute approximate surface area is 161 Å². The molecule has 26 heavy (non-hydrogen) atoms. The third-order valence-electron chi connectivity index (χ3n) is 6.07. The van der Waals surface area contributed by atoms with E-state index in [1.807, 2.05) is 12.3 Å². The number of aromatic nitrogens is 2. The third kappa shape index (κ3) is 2.82. The van der Waals surface area contributed by atoms with Crippen LogP contribution in [0.3, 0.4) is 0 Å². The lowest BCUT2D eigenvalue weighted by molar-refractivity contribution is 0.328. The molecule has 2 fully saturated rings. The highest BCUT2D eigenvalue weighted by Gasteiger charge is 2.40. The van der Waals surface area contributed by atoms with Crippen LogP contribution in [0.15, 0.2) is 30.5 Å². The number of rotatable bonds is 4. The molecule has 3 heterocycles. The number of likely N-dealkylation sites (N-methyl/N-ethyl adjacent to an activating group) is 1. The maximum absolute atomic E-state index is 5.66.